The largest absolute Gasteiger partial charge is 0.404 e. The molecule has 1 aliphatic rings. The summed E-state index contributed by atoms with van der Waals surface area (Å²) in [5.74, 6) is 0.558. The van der Waals surface area contributed by atoms with Crippen molar-refractivity contribution in [3.63, 3.8) is 0 Å². The van der Waals surface area contributed by atoms with Gasteiger partial charge in [0.2, 0.25) is 5.71 Å². The highest BCUT2D eigenvalue weighted by molar-refractivity contribution is 5.69. The van der Waals surface area contributed by atoms with Crippen LogP contribution in [0.15, 0.2) is 22.7 Å². The Bertz CT molecular complexity index is 462. The van der Waals surface area contributed by atoms with Crippen LogP contribution in [0.4, 0.5) is 6.01 Å². The van der Waals surface area contributed by atoms with E-state index in [9.17, 15) is 0 Å². The lowest BCUT2D eigenvalue weighted by Gasteiger charge is -2.12. The predicted molar refractivity (Wildman–Crippen MR) is 61.2 cm³/mol. The van der Waals surface area contributed by atoms with Gasteiger partial charge < -0.3 is 15.1 Å². The van der Waals surface area contributed by atoms with E-state index in [-0.39, 0.29) is 0 Å². The second-order valence-electron chi connectivity index (χ2n) is 4.16. The summed E-state index contributed by atoms with van der Waals surface area (Å²) >= 11 is 0. The van der Waals surface area contributed by atoms with Gasteiger partial charge in [-0.25, -0.2) is 4.98 Å². The fourth-order valence-corrected chi connectivity index (χ4v) is 2.09. The van der Waals surface area contributed by atoms with Crippen molar-refractivity contribution in [1.82, 2.24) is 9.97 Å². The lowest BCUT2D eigenvalue weighted by Crippen LogP contribution is -2.22. The van der Waals surface area contributed by atoms with Crippen LogP contribution >= 0.6 is 0 Å². The molecule has 1 unspecified atom stereocenters. The Morgan fingerprint density at radius 3 is 3.25 bits per heavy atom. The van der Waals surface area contributed by atoms with Crippen LogP contribution in [0, 0.1) is 5.92 Å². The molecule has 0 aromatic carbocycles. The third-order valence-corrected chi connectivity index (χ3v) is 3.04. The summed E-state index contributed by atoms with van der Waals surface area (Å²) in [5.41, 5.74) is 7.08. The molecule has 1 fully saturated rings. The van der Waals surface area contributed by atoms with Gasteiger partial charge in [-0.2, -0.15) is 4.98 Å². The molecule has 2 aromatic rings. The van der Waals surface area contributed by atoms with Crippen LogP contribution in [0.1, 0.15) is 6.42 Å². The minimum atomic E-state index is 0.558. The summed E-state index contributed by atoms with van der Waals surface area (Å²) in [6.07, 6.45) is 2.83. The minimum absolute atomic E-state index is 0.558. The molecule has 0 amide bonds. The quantitative estimate of drug-likeness (QED) is 0.814. The molecule has 3 heterocycles. The first-order chi connectivity index (χ1) is 7.86. The highest BCUT2D eigenvalue weighted by Crippen LogP contribution is 2.25. The number of nitrogens with zero attached hydrogens (tertiary/aromatic N) is 3. The second kappa shape index (κ2) is 3.75. The Morgan fingerprint density at radius 2 is 2.50 bits per heavy atom. The van der Waals surface area contributed by atoms with Gasteiger partial charge in [0.1, 0.15) is 5.52 Å². The van der Waals surface area contributed by atoms with Crippen LogP contribution in [-0.4, -0.2) is 29.6 Å². The molecule has 2 N–H and O–H groups in total. The van der Waals surface area contributed by atoms with Crippen LogP contribution in [0.3, 0.4) is 0 Å². The Kier molecular flexibility index (Phi) is 2.25. The van der Waals surface area contributed by atoms with E-state index in [0.29, 0.717) is 17.6 Å². The van der Waals surface area contributed by atoms with E-state index in [4.69, 9.17) is 10.2 Å². The van der Waals surface area contributed by atoms with Crippen LogP contribution in [0.25, 0.3) is 11.2 Å². The number of fused-ring (bicyclic) bond motifs is 1. The van der Waals surface area contributed by atoms with Gasteiger partial charge in [-0.15, -0.1) is 0 Å². The van der Waals surface area contributed by atoms with Gasteiger partial charge >= 0.3 is 0 Å². The van der Waals surface area contributed by atoms with E-state index in [1.807, 2.05) is 12.1 Å². The fraction of sp³-hybridized carbons (Fsp3) is 0.455. The standard InChI is InChI=1S/C11H14N4O/c12-6-8-3-5-15(7-8)11-14-9-2-1-4-13-10(9)16-11/h1-2,4,8H,3,5-7,12H2. The van der Waals surface area contributed by atoms with Crippen molar-refractivity contribution in [2.24, 2.45) is 11.7 Å². The number of nitrogens with two attached hydrogens (primary N) is 1. The Hall–Kier alpha value is -1.62. The average Bonchev–Trinajstić information content (AvgIpc) is 2.95. The number of rotatable bonds is 2. The SMILES string of the molecule is NCC1CCN(c2nc3cccnc3o2)C1. The van der Waals surface area contributed by atoms with Crippen molar-refractivity contribution in [1.29, 1.82) is 0 Å². The van der Waals surface area contributed by atoms with Crippen molar-refractivity contribution >= 4 is 17.2 Å². The molecule has 3 rings (SSSR count). The zero-order chi connectivity index (χ0) is 11.0. The minimum Gasteiger partial charge on any atom is -0.404 e. The molecular formula is C11H14N4O. The van der Waals surface area contributed by atoms with Crippen molar-refractivity contribution in [3.8, 4) is 0 Å². The van der Waals surface area contributed by atoms with E-state index in [1.165, 1.54) is 0 Å². The fourth-order valence-electron chi connectivity index (χ4n) is 2.09. The molecule has 0 radical (unpaired) electrons. The summed E-state index contributed by atoms with van der Waals surface area (Å²) in [6.45, 7) is 2.63. The van der Waals surface area contributed by atoms with Gasteiger partial charge in [-0.3, -0.25) is 0 Å². The molecule has 84 valence electrons. The van der Waals surface area contributed by atoms with Gasteiger partial charge in [-0.1, -0.05) is 0 Å². The Morgan fingerprint density at radius 1 is 1.56 bits per heavy atom. The normalized spacial score (nSPS) is 20.8. The molecule has 0 spiro atoms. The number of oxazole rings is 1. The molecular weight excluding hydrogens is 204 g/mol. The van der Waals surface area contributed by atoms with Crippen LogP contribution in [0.2, 0.25) is 0 Å². The zero-order valence-corrected chi connectivity index (χ0v) is 8.97. The maximum atomic E-state index is 5.66. The van der Waals surface area contributed by atoms with E-state index >= 15 is 0 Å². The monoisotopic (exact) mass is 218 g/mol. The maximum Gasteiger partial charge on any atom is 0.299 e. The Labute approximate surface area is 93.3 Å². The lowest BCUT2D eigenvalue weighted by molar-refractivity contribution is 0.563. The Balaban J connectivity index is 1.89. The molecule has 5 heteroatoms. The summed E-state index contributed by atoms with van der Waals surface area (Å²) in [4.78, 5) is 10.7. The predicted octanol–water partition coefficient (Wildman–Crippen LogP) is 1.01. The van der Waals surface area contributed by atoms with E-state index in [2.05, 4.69) is 14.9 Å². The van der Waals surface area contributed by atoms with Gasteiger partial charge in [0, 0.05) is 19.3 Å². The van der Waals surface area contributed by atoms with E-state index in [0.717, 1.165) is 31.6 Å². The molecule has 1 saturated heterocycles. The topological polar surface area (TPSA) is 68.2 Å². The summed E-state index contributed by atoms with van der Waals surface area (Å²) in [6, 6.07) is 4.44. The molecule has 0 saturated carbocycles. The number of anilines is 1. The number of aromatic nitrogens is 2. The third-order valence-electron chi connectivity index (χ3n) is 3.04. The third kappa shape index (κ3) is 1.53. The lowest BCUT2D eigenvalue weighted by atomic mass is 10.1. The van der Waals surface area contributed by atoms with Crippen LogP contribution < -0.4 is 10.6 Å². The highest BCUT2D eigenvalue weighted by atomic mass is 16.4. The smallest absolute Gasteiger partial charge is 0.299 e. The molecule has 0 bridgehead atoms. The molecule has 0 aliphatic carbocycles. The highest BCUT2D eigenvalue weighted by Gasteiger charge is 2.24. The molecule has 1 atom stereocenters. The van der Waals surface area contributed by atoms with Crippen molar-refractivity contribution in [2.45, 2.75) is 6.42 Å². The van der Waals surface area contributed by atoms with Gasteiger partial charge in [0.05, 0.1) is 0 Å². The second-order valence-corrected chi connectivity index (χ2v) is 4.16. The summed E-state index contributed by atoms with van der Waals surface area (Å²) in [7, 11) is 0. The van der Waals surface area contributed by atoms with Gasteiger partial charge in [0.25, 0.3) is 6.01 Å². The van der Waals surface area contributed by atoms with Crippen LogP contribution in [-0.2, 0) is 0 Å². The van der Waals surface area contributed by atoms with Crippen molar-refractivity contribution in [3.05, 3.63) is 18.3 Å². The zero-order valence-electron chi connectivity index (χ0n) is 8.97. The maximum absolute atomic E-state index is 5.66. The molecule has 5 nitrogen and oxygen atoms in total. The summed E-state index contributed by atoms with van der Waals surface area (Å²) in [5, 5.41) is 0. The first-order valence-corrected chi connectivity index (χ1v) is 5.53. The first-order valence-electron chi connectivity index (χ1n) is 5.53. The number of pyridine rings is 1. The van der Waals surface area contributed by atoms with Crippen molar-refractivity contribution < 1.29 is 4.42 Å². The van der Waals surface area contributed by atoms with E-state index in [1.54, 1.807) is 6.20 Å². The molecule has 2 aromatic heterocycles. The van der Waals surface area contributed by atoms with Gasteiger partial charge in [0.15, 0.2) is 0 Å². The van der Waals surface area contributed by atoms with Crippen molar-refractivity contribution in [2.75, 3.05) is 24.5 Å². The molecule has 1 aliphatic heterocycles. The summed E-state index contributed by atoms with van der Waals surface area (Å²) < 4.78 is 5.61. The number of hydrogen-bond donors (Lipinski definition) is 1. The number of hydrogen-bond acceptors (Lipinski definition) is 5. The average molecular weight is 218 g/mol. The van der Waals surface area contributed by atoms with Crippen LogP contribution in [0.5, 0.6) is 0 Å². The first kappa shape index (κ1) is 9.59. The van der Waals surface area contributed by atoms with Gasteiger partial charge in [-0.05, 0) is 31.0 Å². The van der Waals surface area contributed by atoms with E-state index < -0.39 is 0 Å². The molecule has 16 heavy (non-hydrogen) atoms.